The average Bonchev–Trinajstić information content (AvgIpc) is 2.69. The third kappa shape index (κ3) is 1.80. The second-order valence-corrected chi connectivity index (χ2v) is 3.80. The van der Waals surface area contributed by atoms with Gasteiger partial charge < -0.3 is 20.3 Å². The SMILES string of the molecule is CN1CCn2cc(CC(N)C(=O)O)nc21. The van der Waals surface area contributed by atoms with Crippen LogP contribution in [0, 0.1) is 0 Å². The molecule has 1 atom stereocenters. The van der Waals surface area contributed by atoms with Crippen molar-refractivity contribution in [2.24, 2.45) is 5.73 Å². The fraction of sp³-hybridized carbons (Fsp3) is 0.556. The van der Waals surface area contributed by atoms with Crippen LogP contribution in [-0.4, -0.2) is 40.3 Å². The van der Waals surface area contributed by atoms with Gasteiger partial charge in [0.1, 0.15) is 6.04 Å². The molecular weight excluding hydrogens is 196 g/mol. The molecule has 0 spiro atoms. The summed E-state index contributed by atoms with van der Waals surface area (Å²) in [7, 11) is 1.97. The first-order chi connectivity index (χ1) is 7.08. The highest BCUT2D eigenvalue weighted by Gasteiger charge is 2.20. The summed E-state index contributed by atoms with van der Waals surface area (Å²) in [4.78, 5) is 17.0. The molecule has 1 aromatic rings. The molecule has 6 nitrogen and oxygen atoms in total. The molecule has 6 heteroatoms. The number of anilines is 1. The number of aliphatic carboxylic acids is 1. The van der Waals surface area contributed by atoms with E-state index in [0.29, 0.717) is 0 Å². The van der Waals surface area contributed by atoms with Crippen LogP contribution in [0.3, 0.4) is 0 Å². The van der Waals surface area contributed by atoms with Crippen LogP contribution in [0.1, 0.15) is 5.69 Å². The van der Waals surface area contributed by atoms with Crippen molar-refractivity contribution in [3.63, 3.8) is 0 Å². The standard InChI is InChI=1S/C9H14N4O2/c1-12-2-3-13-5-6(11-9(12)13)4-7(10)8(14)15/h5,7H,2-4,10H2,1H3,(H,14,15). The lowest BCUT2D eigenvalue weighted by Gasteiger charge is -2.06. The smallest absolute Gasteiger partial charge is 0.320 e. The number of aromatic nitrogens is 2. The summed E-state index contributed by atoms with van der Waals surface area (Å²) >= 11 is 0. The maximum absolute atomic E-state index is 10.6. The van der Waals surface area contributed by atoms with Crippen molar-refractivity contribution in [1.82, 2.24) is 9.55 Å². The molecule has 15 heavy (non-hydrogen) atoms. The minimum atomic E-state index is -0.989. The molecule has 1 aliphatic rings. The van der Waals surface area contributed by atoms with E-state index in [9.17, 15) is 4.79 Å². The molecule has 2 rings (SSSR count). The Kier molecular flexibility index (Phi) is 2.36. The minimum Gasteiger partial charge on any atom is -0.480 e. The zero-order valence-corrected chi connectivity index (χ0v) is 8.55. The number of hydrogen-bond acceptors (Lipinski definition) is 4. The first-order valence-corrected chi connectivity index (χ1v) is 4.83. The zero-order chi connectivity index (χ0) is 11.0. The molecule has 0 bridgehead atoms. The van der Waals surface area contributed by atoms with E-state index in [-0.39, 0.29) is 6.42 Å². The fourth-order valence-electron chi connectivity index (χ4n) is 1.70. The first-order valence-electron chi connectivity index (χ1n) is 4.83. The molecule has 3 N–H and O–H groups in total. The molecule has 1 aromatic heterocycles. The van der Waals surface area contributed by atoms with Gasteiger partial charge in [0.15, 0.2) is 0 Å². The predicted molar refractivity (Wildman–Crippen MR) is 54.8 cm³/mol. The van der Waals surface area contributed by atoms with E-state index < -0.39 is 12.0 Å². The molecule has 1 aliphatic heterocycles. The van der Waals surface area contributed by atoms with E-state index in [0.717, 1.165) is 24.7 Å². The number of carboxylic acid groups (broad SMARTS) is 1. The molecule has 82 valence electrons. The topological polar surface area (TPSA) is 84.4 Å². The highest BCUT2D eigenvalue weighted by atomic mass is 16.4. The number of carboxylic acids is 1. The average molecular weight is 210 g/mol. The van der Waals surface area contributed by atoms with Crippen LogP contribution in [0.2, 0.25) is 0 Å². The normalized spacial score (nSPS) is 16.5. The van der Waals surface area contributed by atoms with Gasteiger partial charge in [-0.05, 0) is 0 Å². The van der Waals surface area contributed by atoms with E-state index in [1.165, 1.54) is 0 Å². The molecular formula is C9H14N4O2. The largest absolute Gasteiger partial charge is 0.480 e. The number of fused-ring (bicyclic) bond motifs is 1. The second kappa shape index (κ2) is 3.54. The predicted octanol–water partition coefficient (Wildman–Crippen LogP) is -0.713. The van der Waals surface area contributed by atoms with Gasteiger partial charge in [0.25, 0.3) is 0 Å². The van der Waals surface area contributed by atoms with E-state index in [1.54, 1.807) is 0 Å². The third-order valence-corrected chi connectivity index (χ3v) is 2.57. The van der Waals surface area contributed by atoms with Crippen LogP contribution in [0.15, 0.2) is 6.20 Å². The highest BCUT2D eigenvalue weighted by molar-refractivity contribution is 5.73. The number of likely N-dealkylation sites (N-methyl/N-ethyl adjacent to an activating group) is 1. The Morgan fingerprint density at radius 1 is 1.73 bits per heavy atom. The molecule has 0 aromatic carbocycles. The Morgan fingerprint density at radius 3 is 3.07 bits per heavy atom. The summed E-state index contributed by atoms with van der Waals surface area (Å²) in [5, 5.41) is 8.67. The van der Waals surface area contributed by atoms with Gasteiger partial charge in [0.05, 0.1) is 5.69 Å². The van der Waals surface area contributed by atoms with Crippen molar-refractivity contribution in [3.8, 4) is 0 Å². The van der Waals surface area contributed by atoms with Gasteiger partial charge in [0.2, 0.25) is 5.95 Å². The lowest BCUT2D eigenvalue weighted by molar-refractivity contribution is -0.138. The van der Waals surface area contributed by atoms with Crippen LogP contribution < -0.4 is 10.6 Å². The molecule has 2 heterocycles. The Balaban J connectivity index is 2.12. The molecule has 0 radical (unpaired) electrons. The summed E-state index contributed by atoms with van der Waals surface area (Å²) in [5.74, 6) is -0.0981. The van der Waals surface area contributed by atoms with Crippen molar-refractivity contribution in [3.05, 3.63) is 11.9 Å². The van der Waals surface area contributed by atoms with E-state index in [1.807, 2.05) is 22.7 Å². The van der Waals surface area contributed by atoms with Crippen LogP contribution in [0.5, 0.6) is 0 Å². The van der Waals surface area contributed by atoms with Crippen molar-refractivity contribution in [2.75, 3.05) is 18.5 Å². The van der Waals surface area contributed by atoms with E-state index in [4.69, 9.17) is 10.8 Å². The number of carbonyl (C=O) groups is 1. The molecule has 1 unspecified atom stereocenters. The maximum atomic E-state index is 10.6. The summed E-state index contributed by atoms with van der Waals surface area (Å²) in [6.07, 6.45) is 2.16. The molecule has 0 amide bonds. The number of imidazole rings is 1. The lowest BCUT2D eigenvalue weighted by Crippen LogP contribution is -2.32. The van der Waals surface area contributed by atoms with Gasteiger partial charge in [-0.2, -0.15) is 0 Å². The van der Waals surface area contributed by atoms with Gasteiger partial charge >= 0.3 is 5.97 Å². The number of nitrogens with two attached hydrogens (primary N) is 1. The Labute approximate surface area is 87.3 Å². The zero-order valence-electron chi connectivity index (χ0n) is 8.55. The quantitative estimate of drug-likeness (QED) is 0.688. The van der Waals surface area contributed by atoms with Crippen LogP contribution in [0.25, 0.3) is 0 Å². The molecule has 0 saturated heterocycles. The molecule has 0 fully saturated rings. The molecule has 0 saturated carbocycles. The van der Waals surface area contributed by atoms with Gasteiger partial charge in [-0.15, -0.1) is 0 Å². The Bertz CT molecular complexity index is 387. The van der Waals surface area contributed by atoms with Gasteiger partial charge in [0, 0.05) is 32.8 Å². The monoisotopic (exact) mass is 210 g/mol. The van der Waals surface area contributed by atoms with Crippen LogP contribution in [-0.2, 0) is 17.8 Å². The van der Waals surface area contributed by atoms with Crippen molar-refractivity contribution >= 4 is 11.9 Å². The van der Waals surface area contributed by atoms with E-state index >= 15 is 0 Å². The number of rotatable bonds is 3. The van der Waals surface area contributed by atoms with Crippen molar-refractivity contribution < 1.29 is 9.90 Å². The summed E-state index contributed by atoms with van der Waals surface area (Å²) < 4.78 is 2.02. The summed E-state index contributed by atoms with van der Waals surface area (Å²) in [6, 6.07) is -0.870. The number of hydrogen-bond donors (Lipinski definition) is 2. The second-order valence-electron chi connectivity index (χ2n) is 3.80. The van der Waals surface area contributed by atoms with Gasteiger partial charge in [-0.3, -0.25) is 4.79 Å². The Hall–Kier alpha value is -1.56. The summed E-state index contributed by atoms with van der Waals surface area (Å²) in [5.41, 5.74) is 6.18. The Morgan fingerprint density at radius 2 is 2.47 bits per heavy atom. The van der Waals surface area contributed by atoms with E-state index in [2.05, 4.69) is 4.98 Å². The lowest BCUT2D eigenvalue weighted by atomic mass is 10.2. The third-order valence-electron chi connectivity index (χ3n) is 2.57. The fourth-order valence-corrected chi connectivity index (χ4v) is 1.70. The molecule has 0 aliphatic carbocycles. The minimum absolute atomic E-state index is 0.281. The first kappa shape index (κ1) is 9.97. The summed E-state index contributed by atoms with van der Waals surface area (Å²) in [6.45, 7) is 1.86. The number of nitrogens with zero attached hydrogens (tertiary/aromatic N) is 3. The maximum Gasteiger partial charge on any atom is 0.320 e. The van der Waals surface area contributed by atoms with Crippen molar-refractivity contribution in [1.29, 1.82) is 0 Å². The van der Waals surface area contributed by atoms with Gasteiger partial charge in [-0.25, -0.2) is 4.98 Å². The van der Waals surface area contributed by atoms with Gasteiger partial charge in [-0.1, -0.05) is 0 Å². The van der Waals surface area contributed by atoms with Crippen molar-refractivity contribution in [2.45, 2.75) is 19.0 Å². The van der Waals surface area contributed by atoms with Crippen LogP contribution in [0.4, 0.5) is 5.95 Å². The van der Waals surface area contributed by atoms with Crippen LogP contribution >= 0.6 is 0 Å². The highest BCUT2D eigenvalue weighted by Crippen LogP contribution is 2.19.